The Kier molecular flexibility index (Phi) is 5.63. The number of carboxylic acids is 1. The third-order valence-corrected chi connectivity index (χ3v) is 4.50. The molecule has 28 heavy (non-hydrogen) atoms. The van der Waals surface area contributed by atoms with Crippen molar-refractivity contribution in [2.75, 3.05) is 23.4 Å². The molecule has 1 aliphatic rings. The molecule has 1 fully saturated rings. The Morgan fingerprint density at radius 1 is 1.14 bits per heavy atom. The molecule has 1 heterocycles. The van der Waals surface area contributed by atoms with Crippen LogP contribution in [0.4, 0.5) is 11.4 Å². The highest BCUT2D eigenvalue weighted by molar-refractivity contribution is 5.99. The molecule has 0 saturated carbocycles. The van der Waals surface area contributed by atoms with Gasteiger partial charge < -0.3 is 20.1 Å². The van der Waals surface area contributed by atoms with Gasteiger partial charge in [0.15, 0.2) is 6.61 Å². The van der Waals surface area contributed by atoms with Gasteiger partial charge in [0.1, 0.15) is 5.75 Å². The minimum Gasteiger partial charge on any atom is -0.484 e. The molecule has 146 valence electrons. The van der Waals surface area contributed by atoms with E-state index in [1.807, 2.05) is 32.0 Å². The van der Waals surface area contributed by atoms with E-state index in [4.69, 9.17) is 9.84 Å². The molecular formula is C21H22N2O5. The molecule has 0 unspecified atom stereocenters. The van der Waals surface area contributed by atoms with Gasteiger partial charge in [0.2, 0.25) is 5.91 Å². The van der Waals surface area contributed by atoms with Gasteiger partial charge in [0.05, 0.1) is 5.92 Å². The summed E-state index contributed by atoms with van der Waals surface area (Å²) in [4.78, 5) is 36.6. The number of anilines is 2. The first-order valence-electron chi connectivity index (χ1n) is 8.96. The van der Waals surface area contributed by atoms with Crippen molar-refractivity contribution in [1.82, 2.24) is 0 Å². The van der Waals surface area contributed by atoms with Crippen molar-refractivity contribution in [1.29, 1.82) is 0 Å². The first-order chi connectivity index (χ1) is 13.3. The van der Waals surface area contributed by atoms with Crippen molar-refractivity contribution >= 4 is 29.2 Å². The molecule has 0 bridgehead atoms. The maximum Gasteiger partial charge on any atom is 0.308 e. The van der Waals surface area contributed by atoms with E-state index < -0.39 is 11.9 Å². The van der Waals surface area contributed by atoms with E-state index in [-0.39, 0.29) is 31.4 Å². The summed E-state index contributed by atoms with van der Waals surface area (Å²) in [6, 6.07) is 12.5. The van der Waals surface area contributed by atoms with Crippen LogP contribution >= 0.6 is 0 Å². The number of nitrogens with one attached hydrogen (secondary N) is 1. The lowest BCUT2D eigenvalue weighted by Gasteiger charge is -2.16. The average Bonchev–Trinajstić information content (AvgIpc) is 3.02. The minimum atomic E-state index is -0.967. The van der Waals surface area contributed by atoms with Crippen LogP contribution in [0.15, 0.2) is 42.5 Å². The van der Waals surface area contributed by atoms with Gasteiger partial charge in [-0.1, -0.05) is 6.07 Å². The fraction of sp³-hybridized carbons (Fsp3) is 0.286. The predicted octanol–water partition coefficient (Wildman–Crippen LogP) is 2.76. The standard InChI is InChI=1S/C21H22N2O5/c1-13-7-14(2)9-16(8-13)22-19(24)12-28-18-5-3-17(4-6-18)23-11-15(21(26)27)10-20(23)25/h3-9,15H,10-12H2,1-2H3,(H,22,24)(H,26,27)/t15-/m1/s1. The molecule has 2 aromatic carbocycles. The first kappa shape index (κ1) is 19.4. The van der Waals surface area contributed by atoms with Crippen LogP contribution < -0.4 is 15.0 Å². The second-order valence-corrected chi connectivity index (χ2v) is 6.95. The maximum atomic E-state index is 12.1. The van der Waals surface area contributed by atoms with E-state index in [2.05, 4.69) is 5.32 Å². The number of hydrogen-bond donors (Lipinski definition) is 2. The smallest absolute Gasteiger partial charge is 0.308 e. The Hall–Kier alpha value is -3.35. The van der Waals surface area contributed by atoms with Crippen LogP contribution in [0.25, 0.3) is 0 Å². The summed E-state index contributed by atoms with van der Waals surface area (Å²) < 4.78 is 5.49. The number of ether oxygens (including phenoxy) is 1. The van der Waals surface area contributed by atoms with E-state index in [9.17, 15) is 14.4 Å². The summed E-state index contributed by atoms with van der Waals surface area (Å²) in [5, 5.41) is 11.9. The molecule has 3 rings (SSSR count). The van der Waals surface area contributed by atoms with E-state index in [1.54, 1.807) is 24.3 Å². The predicted molar refractivity (Wildman–Crippen MR) is 105 cm³/mol. The number of hydrogen-bond acceptors (Lipinski definition) is 4. The molecule has 1 aliphatic heterocycles. The molecule has 7 heteroatoms. The quantitative estimate of drug-likeness (QED) is 0.801. The lowest BCUT2D eigenvalue weighted by molar-refractivity contribution is -0.141. The zero-order chi connectivity index (χ0) is 20.3. The minimum absolute atomic E-state index is 0.00614. The Bertz CT molecular complexity index is 887. The van der Waals surface area contributed by atoms with E-state index in [0.717, 1.165) is 16.8 Å². The van der Waals surface area contributed by atoms with Crippen LogP contribution in [0.5, 0.6) is 5.75 Å². The largest absolute Gasteiger partial charge is 0.484 e. The molecule has 2 N–H and O–H groups in total. The number of carbonyl (C=O) groups excluding carboxylic acids is 2. The fourth-order valence-corrected chi connectivity index (χ4v) is 3.24. The number of aryl methyl sites for hydroxylation is 2. The van der Waals surface area contributed by atoms with Crippen molar-refractivity contribution in [2.24, 2.45) is 5.92 Å². The van der Waals surface area contributed by atoms with E-state index in [1.165, 1.54) is 4.90 Å². The summed E-state index contributed by atoms with van der Waals surface area (Å²) in [5.41, 5.74) is 3.46. The number of aliphatic carboxylic acids is 1. The van der Waals surface area contributed by atoms with Crippen molar-refractivity contribution in [3.63, 3.8) is 0 Å². The number of benzene rings is 2. The van der Waals surface area contributed by atoms with Gasteiger partial charge in [0.25, 0.3) is 5.91 Å². The van der Waals surface area contributed by atoms with Gasteiger partial charge in [-0.25, -0.2) is 0 Å². The number of carboxylic acid groups (broad SMARTS) is 1. The molecule has 2 aromatic rings. The Morgan fingerprint density at radius 2 is 1.79 bits per heavy atom. The Labute approximate surface area is 162 Å². The normalized spacial score (nSPS) is 16.1. The first-order valence-corrected chi connectivity index (χ1v) is 8.96. The van der Waals surface area contributed by atoms with Gasteiger partial charge in [0, 0.05) is 24.3 Å². The molecule has 2 amide bonds. The third kappa shape index (κ3) is 4.68. The van der Waals surface area contributed by atoms with Crippen molar-refractivity contribution < 1.29 is 24.2 Å². The van der Waals surface area contributed by atoms with Gasteiger partial charge >= 0.3 is 5.97 Å². The van der Waals surface area contributed by atoms with Crippen LogP contribution in [0, 0.1) is 19.8 Å². The topological polar surface area (TPSA) is 95.9 Å². The highest BCUT2D eigenvalue weighted by Crippen LogP contribution is 2.27. The van der Waals surface area contributed by atoms with Crippen molar-refractivity contribution in [3.05, 3.63) is 53.6 Å². The van der Waals surface area contributed by atoms with Gasteiger partial charge in [-0.3, -0.25) is 14.4 Å². The summed E-state index contributed by atoms with van der Waals surface area (Å²) >= 11 is 0. The van der Waals surface area contributed by atoms with E-state index >= 15 is 0 Å². The third-order valence-electron chi connectivity index (χ3n) is 4.50. The lowest BCUT2D eigenvalue weighted by Crippen LogP contribution is -2.25. The number of rotatable bonds is 6. The molecule has 1 atom stereocenters. The molecule has 0 aromatic heterocycles. The van der Waals surface area contributed by atoms with Crippen LogP contribution in [-0.4, -0.2) is 36.0 Å². The van der Waals surface area contributed by atoms with Gasteiger partial charge in [-0.15, -0.1) is 0 Å². The summed E-state index contributed by atoms with van der Waals surface area (Å²) in [6.07, 6.45) is 0.00614. The van der Waals surface area contributed by atoms with Crippen molar-refractivity contribution in [3.8, 4) is 5.75 Å². The monoisotopic (exact) mass is 382 g/mol. The average molecular weight is 382 g/mol. The second kappa shape index (κ2) is 8.12. The fourth-order valence-electron chi connectivity index (χ4n) is 3.24. The molecular weight excluding hydrogens is 360 g/mol. The van der Waals surface area contributed by atoms with E-state index in [0.29, 0.717) is 11.4 Å². The lowest BCUT2D eigenvalue weighted by atomic mass is 10.1. The van der Waals surface area contributed by atoms with Crippen LogP contribution in [0.3, 0.4) is 0 Å². The zero-order valence-electron chi connectivity index (χ0n) is 15.8. The summed E-state index contributed by atoms with van der Waals surface area (Å²) in [7, 11) is 0. The Balaban J connectivity index is 1.55. The van der Waals surface area contributed by atoms with Gasteiger partial charge in [-0.2, -0.15) is 0 Å². The zero-order valence-corrected chi connectivity index (χ0v) is 15.8. The van der Waals surface area contributed by atoms with Crippen LogP contribution in [0.1, 0.15) is 17.5 Å². The number of carbonyl (C=O) groups is 3. The van der Waals surface area contributed by atoms with Crippen LogP contribution in [0.2, 0.25) is 0 Å². The molecule has 0 radical (unpaired) electrons. The van der Waals surface area contributed by atoms with Gasteiger partial charge in [-0.05, 0) is 61.4 Å². The summed E-state index contributed by atoms with van der Waals surface area (Å²) in [5.74, 6) is -1.65. The maximum absolute atomic E-state index is 12.1. The summed E-state index contributed by atoms with van der Waals surface area (Å²) in [6.45, 7) is 3.94. The number of amides is 2. The second-order valence-electron chi connectivity index (χ2n) is 6.95. The SMILES string of the molecule is Cc1cc(C)cc(NC(=O)COc2ccc(N3C[C@H](C(=O)O)CC3=O)cc2)c1. The van der Waals surface area contributed by atoms with Crippen LogP contribution in [-0.2, 0) is 14.4 Å². The molecule has 7 nitrogen and oxygen atoms in total. The number of nitrogens with zero attached hydrogens (tertiary/aromatic N) is 1. The molecule has 0 aliphatic carbocycles. The highest BCUT2D eigenvalue weighted by atomic mass is 16.5. The molecule has 0 spiro atoms. The highest BCUT2D eigenvalue weighted by Gasteiger charge is 2.34. The van der Waals surface area contributed by atoms with Crippen molar-refractivity contribution in [2.45, 2.75) is 20.3 Å². The Morgan fingerprint density at radius 3 is 2.36 bits per heavy atom. The molecule has 1 saturated heterocycles.